The SMILES string of the molecule is CCN(CC)C(=O)c1cccc(NC(=O)c2ccc(OC(C)C)c(Br)c2)c1. The van der Waals surface area contributed by atoms with Crippen LogP contribution in [0.1, 0.15) is 48.4 Å². The van der Waals surface area contributed by atoms with Crippen LogP contribution in [-0.4, -0.2) is 35.9 Å². The molecule has 0 atom stereocenters. The number of amides is 2. The molecule has 2 aromatic rings. The first kappa shape index (κ1) is 21.0. The van der Waals surface area contributed by atoms with Crippen molar-refractivity contribution in [3.63, 3.8) is 0 Å². The molecule has 27 heavy (non-hydrogen) atoms. The normalized spacial score (nSPS) is 10.6. The Kier molecular flexibility index (Phi) is 7.42. The van der Waals surface area contributed by atoms with Gasteiger partial charge in [0.15, 0.2) is 0 Å². The van der Waals surface area contributed by atoms with Crippen molar-refractivity contribution >= 4 is 33.4 Å². The molecule has 0 heterocycles. The highest BCUT2D eigenvalue weighted by molar-refractivity contribution is 9.10. The zero-order valence-corrected chi connectivity index (χ0v) is 17.7. The van der Waals surface area contributed by atoms with Crippen LogP contribution in [0.4, 0.5) is 5.69 Å². The molecule has 144 valence electrons. The molecule has 0 aliphatic carbocycles. The third kappa shape index (κ3) is 5.57. The number of rotatable bonds is 7. The number of carbonyl (C=O) groups excluding carboxylic acids is 2. The molecule has 5 nitrogen and oxygen atoms in total. The van der Waals surface area contributed by atoms with E-state index >= 15 is 0 Å². The Morgan fingerprint density at radius 2 is 1.78 bits per heavy atom. The molecule has 0 saturated heterocycles. The number of ether oxygens (including phenoxy) is 1. The number of nitrogens with zero attached hydrogens (tertiary/aromatic N) is 1. The molecule has 0 aliphatic heterocycles. The summed E-state index contributed by atoms with van der Waals surface area (Å²) in [6, 6.07) is 12.2. The fraction of sp³-hybridized carbons (Fsp3) is 0.333. The number of hydrogen-bond donors (Lipinski definition) is 1. The molecule has 0 bridgehead atoms. The van der Waals surface area contributed by atoms with Crippen LogP contribution in [0.2, 0.25) is 0 Å². The van der Waals surface area contributed by atoms with Gasteiger partial charge in [0.2, 0.25) is 0 Å². The third-order valence-electron chi connectivity index (χ3n) is 3.97. The smallest absolute Gasteiger partial charge is 0.255 e. The number of hydrogen-bond acceptors (Lipinski definition) is 3. The lowest BCUT2D eigenvalue weighted by molar-refractivity contribution is 0.0772. The van der Waals surface area contributed by atoms with E-state index in [4.69, 9.17) is 4.74 Å². The minimum Gasteiger partial charge on any atom is -0.490 e. The van der Waals surface area contributed by atoms with Crippen molar-refractivity contribution in [2.24, 2.45) is 0 Å². The van der Waals surface area contributed by atoms with Gasteiger partial charge in [-0.2, -0.15) is 0 Å². The largest absolute Gasteiger partial charge is 0.490 e. The fourth-order valence-corrected chi connectivity index (χ4v) is 3.09. The van der Waals surface area contributed by atoms with Crippen molar-refractivity contribution < 1.29 is 14.3 Å². The monoisotopic (exact) mass is 432 g/mol. The summed E-state index contributed by atoms with van der Waals surface area (Å²) in [7, 11) is 0. The van der Waals surface area contributed by atoms with E-state index in [1.165, 1.54) is 0 Å². The quantitative estimate of drug-likeness (QED) is 0.671. The molecule has 2 amide bonds. The lowest BCUT2D eigenvalue weighted by atomic mass is 10.1. The Bertz CT molecular complexity index is 817. The van der Waals surface area contributed by atoms with E-state index in [9.17, 15) is 9.59 Å². The van der Waals surface area contributed by atoms with Crippen molar-refractivity contribution in [2.45, 2.75) is 33.8 Å². The van der Waals surface area contributed by atoms with E-state index in [-0.39, 0.29) is 17.9 Å². The van der Waals surface area contributed by atoms with Crippen molar-refractivity contribution in [3.8, 4) is 5.75 Å². The molecule has 0 saturated carbocycles. The maximum Gasteiger partial charge on any atom is 0.255 e. The summed E-state index contributed by atoms with van der Waals surface area (Å²) in [6.07, 6.45) is 0.0482. The van der Waals surface area contributed by atoms with E-state index in [1.54, 1.807) is 47.4 Å². The summed E-state index contributed by atoms with van der Waals surface area (Å²) in [5.41, 5.74) is 1.63. The first-order chi connectivity index (χ1) is 12.8. The van der Waals surface area contributed by atoms with E-state index in [1.807, 2.05) is 27.7 Å². The van der Waals surface area contributed by atoms with Crippen LogP contribution >= 0.6 is 15.9 Å². The molecular formula is C21H25BrN2O3. The molecule has 1 N–H and O–H groups in total. The predicted octanol–water partition coefficient (Wildman–Crippen LogP) is 4.97. The lowest BCUT2D eigenvalue weighted by Crippen LogP contribution is -2.30. The van der Waals surface area contributed by atoms with E-state index < -0.39 is 0 Å². The minimum atomic E-state index is -0.251. The zero-order valence-electron chi connectivity index (χ0n) is 16.1. The zero-order chi connectivity index (χ0) is 20.0. The molecular weight excluding hydrogens is 408 g/mol. The van der Waals surface area contributed by atoms with Gasteiger partial charge in [0, 0.05) is 29.9 Å². The van der Waals surface area contributed by atoms with E-state index in [0.717, 1.165) is 0 Å². The fourth-order valence-electron chi connectivity index (χ4n) is 2.62. The van der Waals surface area contributed by atoms with Gasteiger partial charge in [0.1, 0.15) is 5.75 Å². The molecule has 0 spiro atoms. The summed E-state index contributed by atoms with van der Waals surface area (Å²) in [4.78, 5) is 26.8. The van der Waals surface area contributed by atoms with Gasteiger partial charge < -0.3 is 15.0 Å². The summed E-state index contributed by atoms with van der Waals surface area (Å²) in [5, 5.41) is 2.84. The van der Waals surface area contributed by atoms with E-state index in [2.05, 4.69) is 21.2 Å². The number of halogens is 1. The summed E-state index contributed by atoms with van der Waals surface area (Å²) in [6.45, 7) is 9.06. The topological polar surface area (TPSA) is 58.6 Å². The second-order valence-corrected chi connectivity index (χ2v) is 7.18. The molecule has 2 aromatic carbocycles. The highest BCUT2D eigenvalue weighted by Gasteiger charge is 2.14. The minimum absolute atomic E-state index is 0.0472. The van der Waals surface area contributed by atoms with Crippen molar-refractivity contribution in [1.82, 2.24) is 4.90 Å². The van der Waals surface area contributed by atoms with Crippen LogP contribution in [0.25, 0.3) is 0 Å². The maximum absolute atomic E-state index is 12.6. The molecule has 0 radical (unpaired) electrons. The standard InChI is InChI=1S/C21H25BrN2O3/c1-5-24(6-2)21(26)16-8-7-9-17(12-16)23-20(25)15-10-11-19(18(22)13-15)27-14(3)4/h7-14H,5-6H2,1-4H3,(H,23,25). The average molecular weight is 433 g/mol. The van der Waals surface area contributed by atoms with Crippen molar-refractivity contribution in [1.29, 1.82) is 0 Å². The van der Waals surface area contributed by atoms with Gasteiger partial charge >= 0.3 is 0 Å². The summed E-state index contributed by atoms with van der Waals surface area (Å²) in [5.74, 6) is 0.390. The second-order valence-electron chi connectivity index (χ2n) is 6.32. The number of carbonyl (C=O) groups is 2. The van der Waals surface area contributed by atoms with Crippen LogP contribution in [0.3, 0.4) is 0 Å². The second kappa shape index (κ2) is 9.55. The van der Waals surface area contributed by atoms with Gasteiger partial charge in [0.25, 0.3) is 11.8 Å². The van der Waals surface area contributed by atoms with Gasteiger partial charge in [-0.3, -0.25) is 9.59 Å². The van der Waals surface area contributed by atoms with Crippen LogP contribution in [0, 0.1) is 0 Å². The van der Waals surface area contributed by atoms with Gasteiger partial charge in [-0.25, -0.2) is 0 Å². The molecule has 0 fully saturated rings. The van der Waals surface area contributed by atoms with Gasteiger partial charge in [0.05, 0.1) is 10.6 Å². The van der Waals surface area contributed by atoms with Crippen LogP contribution < -0.4 is 10.1 Å². The van der Waals surface area contributed by atoms with Gasteiger partial charge in [-0.05, 0) is 80.0 Å². The highest BCUT2D eigenvalue weighted by atomic mass is 79.9. The Labute approximate surface area is 168 Å². The van der Waals surface area contributed by atoms with E-state index in [0.29, 0.717) is 40.1 Å². The van der Waals surface area contributed by atoms with Crippen molar-refractivity contribution in [3.05, 3.63) is 58.1 Å². The number of anilines is 1. The molecule has 0 unspecified atom stereocenters. The highest BCUT2D eigenvalue weighted by Crippen LogP contribution is 2.27. The summed E-state index contributed by atoms with van der Waals surface area (Å²) < 4.78 is 6.38. The average Bonchev–Trinajstić information content (AvgIpc) is 2.64. The van der Waals surface area contributed by atoms with Crippen LogP contribution in [-0.2, 0) is 0 Å². The molecule has 2 rings (SSSR count). The maximum atomic E-state index is 12.6. The lowest BCUT2D eigenvalue weighted by Gasteiger charge is -2.19. The number of benzene rings is 2. The van der Waals surface area contributed by atoms with Crippen molar-refractivity contribution in [2.75, 3.05) is 18.4 Å². The van der Waals surface area contributed by atoms with Gasteiger partial charge in [-0.15, -0.1) is 0 Å². The molecule has 0 aromatic heterocycles. The third-order valence-corrected chi connectivity index (χ3v) is 4.59. The molecule has 6 heteroatoms. The molecule has 0 aliphatic rings. The Morgan fingerprint density at radius 3 is 2.37 bits per heavy atom. The predicted molar refractivity (Wildman–Crippen MR) is 112 cm³/mol. The first-order valence-electron chi connectivity index (χ1n) is 9.02. The van der Waals surface area contributed by atoms with Crippen LogP contribution in [0.15, 0.2) is 46.9 Å². The first-order valence-corrected chi connectivity index (χ1v) is 9.81. The Balaban J connectivity index is 2.15. The van der Waals surface area contributed by atoms with Gasteiger partial charge in [-0.1, -0.05) is 6.07 Å². The Hall–Kier alpha value is -2.34. The summed E-state index contributed by atoms with van der Waals surface area (Å²) >= 11 is 3.44. The Morgan fingerprint density at radius 1 is 1.07 bits per heavy atom. The van der Waals surface area contributed by atoms with Crippen LogP contribution in [0.5, 0.6) is 5.75 Å². The number of nitrogens with one attached hydrogen (secondary N) is 1.